The van der Waals surface area contributed by atoms with Gasteiger partial charge in [0, 0.05) is 18.3 Å². The number of nitrogens with one attached hydrogen (secondary N) is 1. The number of esters is 1. The van der Waals surface area contributed by atoms with E-state index in [1.165, 1.54) is 0 Å². The van der Waals surface area contributed by atoms with Gasteiger partial charge in [-0.25, -0.2) is 4.98 Å². The van der Waals surface area contributed by atoms with E-state index in [1.807, 2.05) is 0 Å². The molecule has 1 aliphatic rings. The van der Waals surface area contributed by atoms with Gasteiger partial charge in [0.1, 0.15) is 12.1 Å². The topological polar surface area (TPSA) is 90.2 Å². The molecule has 3 N–H and O–H groups in total. The fourth-order valence-corrected chi connectivity index (χ4v) is 1.25. The number of hydrogen-bond donors (Lipinski definition) is 2. The molecule has 6 nitrogen and oxygen atoms in total. The zero-order valence-corrected chi connectivity index (χ0v) is 8.18. The molecule has 15 heavy (non-hydrogen) atoms. The molecule has 6 heteroatoms. The number of imidazole rings is 1. The van der Waals surface area contributed by atoms with Crippen LogP contribution in [-0.2, 0) is 20.7 Å². The van der Waals surface area contributed by atoms with E-state index in [2.05, 4.69) is 9.97 Å². The van der Waals surface area contributed by atoms with Gasteiger partial charge in [0.05, 0.1) is 19.5 Å². The van der Waals surface area contributed by atoms with Crippen LogP contribution in [0.1, 0.15) is 5.69 Å². The van der Waals surface area contributed by atoms with Gasteiger partial charge in [0.15, 0.2) is 0 Å². The van der Waals surface area contributed by atoms with Crippen LogP contribution in [-0.4, -0.2) is 41.3 Å². The van der Waals surface area contributed by atoms with Crippen molar-refractivity contribution in [2.24, 2.45) is 5.73 Å². The van der Waals surface area contributed by atoms with E-state index in [0.717, 1.165) is 5.69 Å². The number of rotatable bonds is 4. The summed E-state index contributed by atoms with van der Waals surface area (Å²) in [5.74, 6) is -0.391. The summed E-state index contributed by atoms with van der Waals surface area (Å²) in [5.41, 5.74) is 6.50. The van der Waals surface area contributed by atoms with Gasteiger partial charge in [-0.2, -0.15) is 0 Å². The summed E-state index contributed by atoms with van der Waals surface area (Å²) in [6, 6.07) is -0.647. The summed E-state index contributed by atoms with van der Waals surface area (Å²) in [6.45, 7) is 0.949. The summed E-state index contributed by atoms with van der Waals surface area (Å²) in [4.78, 5) is 18.2. The van der Waals surface area contributed by atoms with Gasteiger partial charge in [-0.15, -0.1) is 0 Å². The maximum absolute atomic E-state index is 11.4. The minimum atomic E-state index is -0.647. The number of aromatic nitrogens is 2. The predicted octanol–water partition coefficient (Wildman–Crippen LogP) is -0.779. The molecule has 0 spiro atoms. The van der Waals surface area contributed by atoms with Crippen LogP contribution < -0.4 is 5.73 Å². The van der Waals surface area contributed by atoms with Gasteiger partial charge < -0.3 is 20.2 Å². The maximum Gasteiger partial charge on any atom is 0.323 e. The lowest BCUT2D eigenvalue weighted by molar-refractivity contribution is -0.173. The standard InChI is InChI=1S/C9H13N3O3/c10-8(1-6-2-11-5-12-6)9(13)15-7-3-14-4-7/h2,5,7-8H,1,3-4,10H2,(H,11,12)/t8-/m0/s1. The zero-order valence-electron chi connectivity index (χ0n) is 8.18. The zero-order chi connectivity index (χ0) is 10.7. The van der Waals surface area contributed by atoms with Gasteiger partial charge in [-0.3, -0.25) is 4.79 Å². The normalized spacial score (nSPS) is 18.2. The fourth-order valence-electron chi connectivity index (χ4n) is 1.25. The highest BCUT2D eigenvalue weighted by atomic mass is 16.6. The molecular weight excluding hydrogens is 198 g/mol. The van der Waals surface area contributed by atoms with Crippen molar-refractivity contribution in [3.05, 3.63) is 18.2 Å². The average Bonchev–Trinajstić information content (AvgIpc) is 2.63. The Morgan fingerprint density at radius 1 is 1.80 bits per heavy atom. The first-order valence-electron chi connectivity index (χ1n) is 4.77. The van der Waals surface area contributed by atoms with Gasteiger partial charge in [-0.1, -0.05) is 0 Å². The molecule has 0 aromatic carbocycles. The van der Waals surface area contributed by atoms with Crippen LogP contribution in [0.3, 0.4) is 0 Å². The third kappa shape index (κ3) is 2.54. The van der Waals surface area contributed by atoms with Crippen molar-refractivity contribution in [2.45, 2.75) is 18.6 Å². The number of aromatic amines is 1. The lowest BCUT2D eigenvalue weighted by Gasteiger charge is -2.26. The Hall–Kier alpha value is -1.40. The summed E-state index contributed by atoms with van der Waals surface area (Å²) in [7, 11) is 0. The molecule has 2 heterocycles. The predicted molar refractivity (Wildman–Crippen MR) is 51.0 cm³/mol. The van der Waals surface area contributed by atoms with E-state index >= 15 is 0 Å². The van der Waals surface area contributed by atoms with Gasteiger partial charge >= 0.3 is 5.97 Å². The molecule has 0 radical (unpaired) electrons. The molecule has 1 aromatic rings. The van der Waals surface area contributed by atoms with Crippen molar-refractivity contribution in [1.82, 2.24) is 9.97 Å². The molecule has 2 rings (SSSR count). The first-order chi connectivity index (χ1) is 7.25. The molecule has 1 aromatic heterocycles. The second kappa shape index (κ2) is 4.41. The van der Waals surface area contributed by atoms with Crippen molar-refractivity contribution in [2.75, 3.05) is 13.2 Å². The van der Waals surface area contributed by atoms with Crippen LogP contribution in [0.15, 0.2) is 12.5 Å². The van der Waals surface area contributed by atoms with Gasteiger partial charge in [0.2, 0.25) is 0 Å². The molecule has 0 unspecified atom stereocenters. The number of carbonyl (C=O) groups is 1. The molecule has 0 bridgehead atoms. The van der Waals surface area contributed by atoms with Gasteiger partial charge in [0.25, 0.3) is 0 Å². The average molecular weight is 211 g/mol. The lowest BCUT2D eigenvalue weighted by atomic mass is 10.2. The van der Waals surface area contributed by atoms with E-state index in [1.54, 1.807) is 12.5 Å². The molecule has 1 fully saturated rings. The molecule has 0 aliphatic carbocycles. The third-order valence-corrected chi connectivity index (χ3v) is 2.19. The Balaban J connectivity index is 1.79. The second-order valence-electron chi connectivity index (χ2n) is 3.48. The second-order valence-corrected chi connectivity index (χ2v) is 3.48. The van der Waals surface area contributed by atoms with E-state index in [0.29, 0.717) is 19.6 Å². The van der Waals surface area contributed by atoms with Crippen LogP contribution in [0, 0.1) is 0 Å². The van der Waals surface area contributed by atoms with E-state index in [-0.39, 0.29) is 6.10 Å². The lowest BCUT2D eigenvalue weighted by Crippen LogP contribution is -2.43. The monoisotopic (exact) mass is 211 g/mol. The maximum atomic E-state index is 11.4. The SMILES string of the molecule is N[C@@H](Cc1cnc[nH]1)C(=O)OC1COC1. The number of nitrogens with two attached hydrogens (primary N) is 1. The largest absolute Gasteiger partial charge is 0.456 e. The van der Waals surface area contributed by atoms with Crippen LogP contribution in [0.25, 0.3) is 0 Å². The highest BCUT2D eigenvalue weighted by Gasteiger charge is 2.26. The quantitative estimate of drug-likeness (QED) is 0.638. The number of carbonyl (C=O) groups excluding carboxylic acids is 1. The van der Waals surface area contributed by atoms with Crippen molar-refractivity contribution < 1.29 is 14.3 Å². The Bertz CT molecular complexity index is 321. The Labute approximate surface area is 86.8 Å². The van der Waals surface area contributed by atoms with Crippen molar-refractivity contribution in [3.63, 3.8) is 0 Å². The Morgan fingerprint density at radius 3 is 3.13 bits per heavy atom. The Morgan fingerprint density at radius 2 is 2.60 bits per heavy atom. The molecule has 1 aliphatic heterocycles. The summed E-state index contributed by atoms with van der Waals surface area (Å²) in [5, 5.41) is 0. The van der Waals surface area contributed by atoms with Crippen LogP contribution in [0.4, 0.5) is 0 Å². The number of ether oxygens (including phenoxy) is 2. The number of H-pyrrole nitrogens is 1. The van der Waals surface area contributed by atoms with E-state index in [9.17, 15) is 4.79 Å². The Kier molecular flexibility index (Phi) is 2.98. The van der Waals surface area contributed by atoms with Crippen molar-refractivity contribution in [1.29, 1.82) is 0 Å². The van der Waals surface area contributed by atoms with Crippen molar-refractivity contribution in [3.8, 4) is 0 Å². The molecule has 82 valence electrons. The molecule has 1 saturated heterocycles. The first-order valence-corrected chi connectivity index (χ1v) is 4.77. The molecule has 1 atom stereocenters. The van der Waals surface area contributed by atoms with Crippen LogP contribution >= 0.6 is 0 Å². The van der Waals surface area contributed by atoms with E-state index in [4.69, 9.17) is 15.2 Å². The van der Waals surface area contributed by atoms with Crippen LogP contribution in [0.2, 0.25) is 0 Å². The highest BCUT2D eigenvalue weighted by molar-refractivity contribution is 5.76. The first kappa shape index (κ1) is 10.1. The van der Waals surface area contributed by atoms with E-state index < -0.39 is 12.0 Å². The minimum absolute atomic E-state index is 0.120. The summed E-state index contributed by atoms with van der Waals surface area (Å²) < 4.78 is 9.96. The fraction of sp³-hybridized carbons (Fsp3) is 0.556. The summed E-state index contributed by atoms with van der Waals surface area (Å²) >= 11 is 0. The minimum Gasteiger partial charge on any atom is -0.456 e. The molecule has 0 saturated carbocycles. The number of nitrogens with zero attached hydrogens (tertiary/aromatic N) is 1. The number of hydrogen-bond acceptors (Lipinski definition) is 5. The van der Waals surface area contributed by atoms with Crippen molar-refractivity contribution >= 4 is 5.97 Å². The highest BCUT2D eigenvalue weighted by Crippen LogP contribution is 2.07. The smallest absolute Gasteiger partial charge is 0.323 e. The summed E-state index contributed by atoms with van der Waals surface area (Å²) in [6.07, 6.45) is 3.48. The molecular formula is C9H13N3O3. The third-order valence-electron chi connectivity index (χ3n) is 2.19. The molecule has 0 amide bonds. The van der Waals surface area contributed by atoms with Gasteiger partial charge in [-0.05, 0) is 0 Å². The van der Waals surface area contributed by atoms with Crippen LogP contribution in [0.5, 0.6) is 0 Å².